The van der Waals surface area contributed by atoms with E-state index in [1.165, 1.54) is 0 Å². The SMILES string of the molecule is O=[N+]([O-])c1cc(S(=O)(=O)C(F)F)ccc1NCc1cccc2cccnc12. The van der Waals surface area contributed by atoms with Crippen LogP contribution in [0.5, 0.6) is 0 Å². The molecule has 1 N–H and O–H groups in total. The van der Waals surface area contributed by atoms with Crippen molar-refractivity contribution in [2.75, 3.05) is 5.32 Å². The van der Waals surface area contributed by atoms with Gasteiger partial charge in [0.15, 0.2) is 0 Å². The van der Waals surface area contributed by atoms with Crippen LogP contribution in [0.15, 0.2) is 59.6 Å². The van der Waals surface area contributed by atoms with Crippen LogP contribution in [0.2, 0.25) is 0 Å². The molecule has 3 aromatic rings. The van der Waals surface area contributed by atoms with Crippen LogP contribution in [0.4, 0.5) is 20.2 Å². The van der Waals surface area contributed by atoms with Crippen LogP contribution in [0.25, 0.3) is 10.9 Å². The maximum absolute atomic E-state index is 12.7. The van der Waals surface area contributed by atoms with Gasteiger partial charge in [0.25, 0.3) is 5.69 Å². The fraction of sp³-hybridized carbons (Fsp3) is 0.118. The van der Waals surface area contributed by atoms with Crippen molar-refractivity contribution >= 4 is 32.1 Å². The molecule has 0 bridgehead atoms. The van der Waals surface area contributed by atoms with Crippen molar-refractivity contribution in [3.8, 4) is 0 Å². The second kappa shape index (κ2) is 7.23. The van der Waals surface area contributed by atoms with Crippen LogP contribution in [-0.4, -0.2) is 24.1 Å². The van der Waals surface area contributed by atoms with E-state index in [0.29, 0.717) is 11.6 Å². The molecule has 0 aliphatic rings. The number of anilines is 1. The molecule has 0 amide bonds. The number of sulfone groups is 1. The molecule has 0 saturated carbocycles. The number of nitro groups is 1. The topological polar surface area (TPSA) is 102 Å². The molecule has 2 aromatic carbocycles. The first kappa shape index (κ1) is 18.6. The van der Waals surface area contributed by atoms with Gasteiger partial charge in [-0.15, -0.1) is 0 Å². The minimum Gasteiger partial charge on any atom is -0.375 e. The Morgan fingerprint density at radius 3 is 2.59 bits per heavy atom. The smallest absolute Gasteiger partial charge is 0.341 e. The fourth-order valence-electron chi connectivity index (χ4n) is 2.59. The summed E-state index contributed by atoms with van der Waals surface area (Å²) in [6.45, 7) is 0.177. The summed E-state index contributed by atoms with van der Waals surface area (Å²) < 4.78 is 48.4. The highest BCUT2D eigenvalue weighted by Crippen LogP contribution is 2.30. The summed E-state index contributed by atoms with van der Waals surface area (Å²) >= 11 is 0. The maximum Gasteiger partial charge on any atom is 0.341 e. The molecule has 0 spiro atoms. The highest BCUT2D eigenvalue weighted by molar-refractivity contribution is 7.91. The minimum absolute atomic E-state index is 0.0150. The number of halogens is 2. The van der Waals surface area contributed by atoms with Crippen molar-refractivity contribution in [3.05, 3.63) is 70.4 Å². The highest BCUT2D eigenvalue weighted by Gasteiger charge is 2.29. The predicted octanol–water partition coefficient (Wildman–Crippen LogP) is 3.75. The lowest BCUT2D eigenvalue weighted by molar-refractivity contribution is -0.384. The summed E-state index contributed by atoms with van der Waals surface area (Å²) in [5.41, 5.74) is 0.893. The first-order valence-electron chi connectivity index (χ1n) is 7.67. The van der Waals surface area contributed by atoms with Gasteiger partial charge >= 0.3 is 5.76 Å². The molecule has 1 heterocycles. The average Bonchev–Trinajstić information content (AvgIpc) is 2.65. The normalized spacial score (nSPS) is 11.7. The first-order valence-corrected chi connectivity index (χ1v) is 9.22. The van der Waals surface area contributed by atoms with Crippen molar-refractivity contribution in [1.82, 2.24) is 4.98 Å². The van der Waals surface area contributed by atoms with Crippen molar-refractivity contribution in [1.29, 1.82) is 0 Å². The van der Waals surface area contributed by atoms with Gasteiger partial charge in [-0.25, -0.2) is 8.42 Å². The van der Waals surface area contributed by atoms with Crippen LogP contribution in [-0.2, 0) is 16.4 Å². The number of rotatable bonds is 6. The van der Waals surface area contributed by atoms with Gasteiger partial charge in [-0.2, -0.15) is 8.78 Å². The summed E-state index contributed by atoms with van der Waals surface area (Å²) in [6.07, 6.45) is 1.62. The lowest BCUT2D eigenvalue weighted by atomic mass is 10.1. The van der Waals surface area contributed by atoms with Crippen LogP contribution in [0, 0.1) is 10.1 Å². The predicted molar refractivity (Wildman–Crippen MR) is 95.4 cm³/mol. The summed E-state index contributed by atoms with van der Waals surface area (Å²) in [5.74, 6) is -3.65. The molecule has 7 nitrogen and oxygen atoms in total. The molecule has 1 aromatic heterocycles. The molecular formula is C17H13F2N3O4S. The number of para-hydroxylation sites is 1. The van der Waals surface area contributed by atoms with E-state index in [2.05, 4.69) is 10.3 Å². The Morgan fingerprint density at radius 2 is 1.89 bits per heavy atom. The van der Waals surface area contributed by atoms with Gasteiger partial charge in [-0.05, 0) is 23.8 Å². The average molecular weight is 393 g/mol. The van der Waals surface area contributed by atoms with Gasteiger partial charge in [0, 0.05) is 24.2 Å². The standard InChI is InChI=1S/C17H13F2N3O4S/c18-17(19)27(25,26)13-6-7-14(15(9-13)22(23)24)21-10-12-4-1-3-11-5-2-8-20-16(11)12/h1-9,17,21H,10H2. The van der Waals surface area contributed by atoms with E-state index >= 15 is 0 Å². The van der Waals surface area contributed by atoms with Crippen molar-refractivity contribution < 1.29 is 22.1 Å². The third-order valence-electron chi connectivity index (χ3n) is 3.91. The van der Waals surface area contributed by atoms with E-state index in [9.17, 15) is 27.3 Å². The largest absolute Gasteiger partial charge is 0.375 e. The molecule has 10 heteroatoms. The third-order valence-corrected chi connectivity index (χ3v) is 5.29. The number of nitro benzene ring substituents is 1. The van der Waals surface area contributed by atoms with Gasteiger partial charge in [0.1, 0.15) is 5.69 Å². The summed E-state index contributed by atoms with van der Waals surface area (Å²) in [6, 6.07) is 11.8. The maximum atomic E-state index is 12.7. The Balaban J connectivity index is 1.94. The number of aromatic nitrogens is 1. The molecule has 0 unspecified atom stereocenters. The molecule has 3 rings (SSSR count). The number of hydrogen-bond acceptors (Lipinski definition) is 6. The molecule has 0 aliphatic heterocycles. The van der Waals surface area contributed by atoms with E-state index in [0.717, 1.165) is 23.1 Å². The van der Waals surface area contributed by atoms with E-state index in [1.54, 1.807) is 18.3 Å². The van der Waals surface area contributed by atoms with Crippen LogP contribution >= 0.6 is 0 Å². The minimum atomic E-state index is -4.92. The van der Waals surface area contributed by atoms with E-state index < -0.39 is 31.1 Å². The monoisotopic (exact) mass is 393 g/mol. The summed E-state index contributed by atoms with van der Waals surface area (Å²) in [7, 11) is -4.92. The second-order valence-electron chi connectivity index (χ2n) is 5.59. The van der Waals surface area contributed by atoms with Crippen LogP contribution in [0.3, 0.4) is 0 Å². The van der Waals surface area contributed by atoms with Gasteiger partial charge < -0.3 is 5.32 Å². The number of pyridine rings is 1. The summed E-state index contributed by atoms with van der Waals surface area (Å²) in [4.78, 5) is 13.9. The van der Waals surface area contributed by atoms with E-state index in [-0.39, 0.29) is 12.2 Å². The quantitative estimate of drug-likeness (QED) is 0.505. The fourth-order valence-corrected chi connectivity index (χ4v) is 3.33. The lowest BCUT2D eigenvalue weighted by Crippen LogP contribution is -2.12. The Kier molecular flexibility index (Phi) is 5.00. The Labute approximate surface area is 152 Å². The zero-order chi connectivity index (χ0) is 19.6. The molecule has 140 valence electrons. The molecule has 0 radical (unpaired) electrons. The molecular weight excluding hydrogens is 380 g/mol. The molecule has 27 heavy (non-hydrogen) atoms. The van der Waals surface area contributed by atoms with E-state index in [4.69, 9.17) is 0 Å². The molecule has 0 atom stereocenters. The van der Waals surface area contributed by atoms with Gasteiger partial charge in [-0.3, -0.25) is 15.1 Å². The summed E-state index contributed by atoms with van der Waals surface area (Å²) in [5, 5.41) is 15.0. The van der Waals surface area contributed by atoms with Crippen molar-refractivity contribution in [3.63, 3.8) is 0 Å². The first-order chi connectivity index (χ1) is 12.8. The number of hydrogen-bond donors (Lipinski definition) is 1. The molecule has 0 aliphatic carbocycles. The van der Waals surface area contributed by atoms with Crippen LogP contribution < -0.4 is 5.32 Å². The van der Waals surface area contributed by atoms with Crippen LogP contribution in [0.1, 0.15) is 5.56 Å². The van der Waals surface area contributed by atoms with Crippen molar-refractivity contribution in [2.24, 2.45) is 0 Å². The number of alkyl halides is 2. The van der Waals surface area contributed by atoms with Gasteiger partial charge in [0.05, 0.1) is 15.3 Å². The number of nitrogens with zero attached hydrogens (tertiary/aromatic N) is 2. The van der Waals surface area contributed by atoms with Crippen molar-refractivity contribution in [2.45, 2.75) is 17.2 Å². The Hall–Kier alpha value is -3.14. The Bertz CT molecular complexity index is 1110. The third kappa shape index (κ3) is 3.70. The number of nitrogens with one attached hydrogen (secondary N) is 1. The highest BCUT2D eigenvalue weighted by atomic mass is 32.2. The zero-order valence-electron chi connectivity index (χ0n) is 13.7. The Morgan fingerprint density at radius 1 is 1.15 bits per heavy atom. The number of benzene rings is 2. The lowest BCUT2D eigenvalue weighted by Gasteiger charge is -2.10. The zero-order valence-corrected chi connectivity index (χ0v) is 14.5. The van der Waals surface area contributed by atoms with E-state index in [1.807, 2.05) is 18.2 Å². The van der Waals surface area contributed by atoms with Gasteiger partial charge in [-0.1, -0.05) is 24.3 Å². The molecule has 0 fully saturated rings. The second-order valence-corrected chi connectivity index (χ2v) is 7.51. The molecule has 0 saturated heterocycles. The number of fused-ring (bicyclic) bond motifs is 1. The van der Waals surface area contributed by atoms with Gasteiger partial charge in [0.2, 0.25) is 9.84 Å².